The Morgan fingerprint density at radius 2 is 1.90 bits per heavy atom. The Kier molecular flexibility index (Phi) is 4.75. The summed E-state index contributed by atoms with van der Waals surface area (Å²) in [5.74, 6) is 0.730. The van der Waals surface area contributed by atoms with Crippen LogP contribution < -0.4 is 10.9 Å². The number of nitrogens with one attached hydrogen (secondary N) is 2. The molecule has 31 heavy (non-hydrogen) atoms. The molecular formula is C25H23N5O. The maximum Gasteiger partial charge on any atom is 0.263 e. The minimum absolute atomic E-state index is 0.000668. The number of H-pyrrole nitrogens is 1. The number of pyridine rings is 1. The summed E-state index contributed by atoms with van der Waals surface area (Å²) < 4.78 is 1.81. The third-order valence-electron chi connectivity index (χ3n) is 5.71. The molecule has 0 aliphatic heterocycles. The van der Waals surface area contributed by atoms with Crippen molar-refractivity contribution in [3.8, 4) is 5.69 Å². The molecule has 6 nitrogen and oxygen atoms in total. The van der Waals surface area contributed by atoms with E-state index in [1.165, 1.54) is 6.33 Å². The van der Waals surface area contributed by atoms with E-state index in [9.17, 15) is 4.79 Å². The zero-order valence-electron chi connectivity index (χ0n) is 17.5. The summed E-state index contributed by atoms with van der Waals surface area (Å²) in [6, 6.07) is 19.7. The molecule has 2 N–H and O–H groups in total. The second kappa shape index (κ2) is 7.72. The van der Waals surface area contributed by atoms with E-state index in [4.69, 9.17) is 0 Å². The zero-order valence-corrected chi connectivity index (χ0v) is 17.5. The van der Waals surface area contributed by atoms with Gasteiger partial charge in [0.15, 0.2) is 0 Å². The van der Waals surface area contributed by atoms with Crippen LogP contribution in [-0.2, 0) is 6.42 Å². The first-order chi connectivity index (χ1) is 15.2. The number of benzene rings is 2. The number of anilines is 1. The first kappa shape index (κ1) is 19.1. The van der Waals surface area contributed by atoms with Crippen LogP contribution in [0, 0.1) is 0 Å². The standard InChI is InChI=1S/C25H23N5O/c1-3-17-8-7-9-18-14-21(30(25(31)22(17)18)19-10-5-4-6-11-19)16(2)29-24-20-12-13-26-23(20)27-15-28-24/h4-16H,3H2,1-2H3,(H2,26,27,28,29)/t16-/m0/s1. The lowest BCUT2D eigenvalue weighted by atomic mass is 10.0. The number of fused-ring (bicyclic) bond motifs is 2. The second-order valence-electron chi connectivity index (χ2n) is 7.61. The number of hydrogen-bond acceptors (Lipinski definition) is 4. The van der Waals surface area contributed by atoms with Gasteiger partial charge in [-0.25, -0.2) is 9.97 Å². The quantitative estimate of drug-likeness (QED) is 0.428. The van der Waals surface area contributed by atoms with Crippen molar-refractivity contribution in [3.05, 3.63) is 94.8 Å². The Balaban J connectivity index is 1.72. The molecule has 2 aromatic carbocycles. The van der Waals surface area contributed by atoms with Crippen LogP contribution in [0.15, 0.2) is 78.0 Å². The van der Waals surface area contributed by atoms with Crippen LogP contribution in [0.5, 0.6) is 0 Å². The van der Waals surface area contributed by atoms with Crippen molar-refractivity contribution >= 4 is 27.6 Å². The minimum atomic E-state index is -0.171. The average molecular weight is 409 g/mol. The van der Waals surface area contributed by atoms with Gasteiger partial charge >= 0.3 is 0 Å². The monoisotopic (exact) mass is 409 g/mol. The highest BCUT2D eigenvalue weighted by atomic mass is 16.1. The van der Waals surface area contributed by atoms with Crippen LogP contribution in [-0.4, -0.2) is 19.5 Å². The van der Waals surface area contributed by atoms with Crippen molar-refractivity contribution in [1.29, 1.82) is 0 Å². The maximum absolute atomic E-state index is 13.8. The van der Waals surface area contributed by atoms with E-state index < -0.39 is 0 Å². The van der Waals surface area contributed by atoms with Crippen molar-refractivity contribution < 1.29 is 0 Å². The van der Waals surface area contributed by atoms with E-state index in [-0.39, 0.29) is 11.6 Å². The molecule has 0 aliphatic carbocycles. The van der Waals surface area contributed by atoms with Crippen LogP contribution in [0.4, 0.5) is 5.82 Å². The SMILES string of the molecule is CCc1cccc2cc([C@H](C)Nc3ncnc4[nH]ccc34)n(-c3ccccc3)c(=O)c12. The number of nitrogens with zero attached hydrogens (tertiary/aromatic N) is 3. The summed E-state index contributed by atoms with van der Waals surface area (Å²) in [5, 5.41) is 6.13. The maximum atomic E-state index is 13.8. The van der Waals surface area contributed by atoms with Gasteiger partial charge in [0.25, 0.3) is 5.56 Å². The van der Waals surface area contributed by atoms with Gasteiger partial charge in [0.2, 0.25) is 0 Å². The van der Waals surface area contributed by atoms with Crippen LogP contribution in [0.25, 0.3) is 27.5 Å². The lowest BCUT2D eigenvalue weighted by Crippen LogP contribution is -2.26. The van der Waals surface area contributed by atoms with Crippen LogP contribution >= 0.6 is 0 Å². The summed E-state index contributed by atoms with van der Waals surface area (Å²) in [6.07, 6.45) is 4.18. The lowest BCUT2D eigenvalue weighted by Gasteiger charge is -2.22. The predicted octanol–water partition coefficient (Wildman–Crippen LogP) is 5.00. The fraction of sp³-hybridized carbons (Fsp3) is 0.160. The molecule has 3 heterocycles. The smallest absolute Gasteiger partial charge is 0.263 e. The number of rotatable bonds is 5. The van der Waals surface area contributed by atoms with E-state index in [0.29, 0.717) is 0 Å². The van der Waals surface area contributed by atoms with Gasteiger partial charge in [0.05, 0.1) is 16.8 Å². The number of aromatic amines is 1. The molecule has 6 heteroatoms. The van der Waals surface area contributed by atoms with Crippen molar-refractivity contribution in [2.24, 2.45) is 0 Å². The molecule has 5 rings (SSSR count). The Morgan fingerprint density at radius 3 is 2.71 bits per heavy atom. The van der Waals surface area contributed by atoms with Gasteiger partial charge in [0.1, 0.15) is 17.8 Å². The molecule has 0 spiro atoms. The minimum Gasteiger partial charge on any atom is -0.361 e. The second-order valence-corrected chi connectivity index (χ2v) is 7.61. The summed E-state index contributed by atoms with van der Waals surface area (Å²) in [5.41, 5.74) is 3.55. The molecule has 0 aliphatic rings. The molecule has 3 aromatic heterocycles. The molecule has 5 aromatic rings. The van der Waals surface area contributed by atoms with E-state index in [0.717, 1.165) is 51.0 Å². The molecule has 0 bridgehead atoms. The highest BCUT2D eigenvalue weighted by Gasteiger charge is 2.19. The van der Waals surface area contributed by atoms with Crippen LogP contribution in [0.1, 0.15) is 31.1 Å². The molecule has 1 atom stereocenters. The predicted molar refractivity (Wildman–Crippen MR) is 125 cm³/mol. The molecule has 0 saturated carbocycles. The summed E-state index contributed by atoms with van der Waals surface area (Å²) >= 11 is 0. The van der Waals surface area contributed by atoms with Gasteiger partial charge in [0, 0.05) is 17.6 Å². The van der Waals surface area contributed by atoms with Gasteiger partial charge in [-0.1, -0.05) is 43.3 Å². The van der Waals surface area contributed by atoms with E-state index in [1.54, 1.807) is 0 Å². The van der Waals surface area contributed by atoms with Crippen LogP contribution in [0.3, 0.4) is 0 Å². The number of aromatic nitrogens is 4. The number of hydrogen-bond donors (Lipinski definition) is 2. The Bertz CT molecular complexity index is 1440. The van der Waals surface area contributed by atoms with Gasteiger partial charge in [-0.3, -0.25) is 9.36 Å². The van der Waals surface area contributed by atoms with Crippen molar-refractivity contribution in [3.63, 3.8) is 0 Å². The lowest BCUT2D eigenvalue weighted by molar-refractivity contribution is 0.774. The Labute approximate surface area is 179 Å². The zero-order chi connectivity index (χ0) is 21.4. The molecule has 0 unspecified atom stereocenters. The Hall–Kier alpha value is -3.93. The fourth-order valence-electron chi connectivity index (χ4n) is 4.18. The van der Waals surface area contributed by atoms with E-state index in [1.807, 2.05) is 72.3 Å². The van der Waals surface area contributed by atoms with Crippen LogP contribution in [0.2, 0.25) is 0 Å². The molecule has 0 radical (unpaired) electrons. The van der Waals surface area contributed by atoms with Gasteiger partial charge in [-0.15, -0.1) is 0 Å². The summed E-state index contributed by atoms with van der Waals surface area (Å²) in [7, 11) is 0. The van der Waals surface area contributed by atoms with Gasteiger partial charge in [-0.2, -0.15) is 0 Å². The highest BCUT2D eigenvalue weighted by molar-refractivity contribution is 5.88. The molecule has 0 amide bonds. The highest BCUT2D eigenvalue weighted by Crippen LogP contribution is 2.27. The normalized spacial score (nSPS) is 12.3. The molecule has 154 valence electrons. The summed E-state index contributed by atoms with van der Waals surface area (Å²) in [6.45, 7) is 4.13. The number of aryl methyl sites for hydroxylation is 1. The fourth-order valence-corrected chi connectivity index (χ4v) is 4.18. The van der Waals surface area contributed by atoms with Crippen molar-refractivity contribution in [2.45, 2.75) is 26.3 Å². The van der Waals surface area contributed by atoms with E-state index >= 15 is 0 Å². The summed E-state index contributed by atoms with van der Waals surface area (Å²) in [4.78, 5) is 25.6. The molecular weight excluding hydrogens is 386 g/mol. The molecule has 0 fully saturated rings. The van der Waals surface area contributed by atoms with Gasteiger partial charge < -0.3 is 10.3 Å². The van der Waals surface area contributed by atoms with Crippen molar-refractivity contribution in [2.75, 3.05) is 5.32 Å². The van der Waals surface area contributed by atoms with E-state index in [2.05, 4.69) is 33.3 Å². The first-order valence-electron chi connectivity index (χ1n) is 10.4. The largest absolute Gasteiger partial charge is 0.361 e. The third kappa shape index (κ3) is 3.26. The average Bonchev–Trinajstić information content (AvgIpc) is 3.29. The Morgan fingerprint density at radius 1 is 1.06 bits per heavy atom. The van der Waals surface area contributed by atoms with Gasteiger partial charge in [-0.05, 0) is 48.6 Å². The first-order valence-corrected chi connectivity index (χ1v) is 10.4. The topological polar surface area (TPSA) is 75.6 Å². The molecule has 0 saturated heterocycles. The van der Waals surface area contributed by atoms with Crippen molar-refractivity contribution in [1.82, 2.24) is 19.5 Å². The third-order valence-corrected chi connectivity index (χ3v) is 5.71. The number of para-hydroxylation sites is 1.